The number of rotatable bonds is 4. The van der Waals surface area contributed by atoms with E-state index in [1.54, 1.807) is 11.3 Å². The zero-order chi connectivity index (χ0) is 10.7. The van der Waals surface area contributed by atoms with Crippen LogP contribution in [0.4, 0.5) is 0 Å². The summed E-state index contributed by atoms with van der Waals surface area (Å²) in [6.45, 7) is 3.03. The van der Waals surface area contributed by atoms with Crippen LogP contribution in [0.15, 0.2) is 17.5 Å². The number of nitrogens with one attached hydrogen (secondary N) is 2. The summed E-state index contributed by atoms with van der Waals surface area (Å²) in [5.74, 6) is 1.06. The fourth-order valence-electron chi connectivity index (χ4n) is 1.54. The molecule has 0 bridgehead atoms. The second-order valence-corrected chi connectivity index (χ2v) is 4.44. The number of hydrogen-bond acceptors (Lipinski definition) is 3. The minimum absolute atomic E-state index is 0.947. The van der Waals surface area contributed by atoms with E-state index in [1.807, 2.05) is 7.05 Å². The third kappa shape index (κ3) is 2.27. The molecule has 3 nitrogen and oxygen atoms in total. The molecule has 0 aliphatic carbocycles. The molecule has 4 heteroatoms. The van der Waals surface area contributed by atoms with E-state index in [1.165, 1.54) is 4.88 Å². The highest BCUT2D eigenvalue weighted by Gasteiger charge is 2.08. The molecule has 0 fully saturated rings. The Bertz CT molecular complexity index is 417. The van der Waals surface area contributed by atoms with E-state index in [9.17, 15) is 0 Å². The molecule has 0 aliphatic heterocycles. The Balaban J connectivity index is 2.22. The molecule has 2 rings (SSSR count). The third-order valence-corrected chi connectivity index (χ3v) is 3.18. The zero-order valence-corrected chi connectivity index (χ0v) is 9.82. The molecule has 0 saturated carbocycles. The van der Waals surface area contributed by atoms with Crippen molar-refractivity contribution < 1.29 is 0 Å². The molecule has 0 aliphatic rings. The van der Waals surface area contributed by atoms with Gasteiger partial charge in [0.05, 0.1) is 4.88 Å². The highest BCUT2D eigenvalue weighted by Crippen LogP contribution is 2.25. The van der Waals surface area contributed by atoms with E-state index < -0.39 is 0 Å². The van der Waals surface area contributed by atoms with E-state index in [-0.39, 0.29) is 0 Å². The number of aromatic nitrogens is 2. The van der Waals surface area contributed by atoms with Gasteiger partial charge in [-0.05, 0) is 25.4 Å². The highest BCUT2D eigenvalue weighted by atomic mass is 32.1. The van der Waals surface area contributed by atoms with Crippen molar-refractivity contribution in [2.45, 2.75) is 13.3 Å². The van der Waals surface area contributed by atoms with Gasteiger partial charge < -0.3 is 10.3 Å². The molecule has 0 amide bonds. The number of likely N-dealkylation sites (N-methyl/N-ethyl adjacent to an activating group) is 1. The largest absolute Gasteiger partial charge is 0.346 e. The van der Waals surface area contributed by atoms with Crippen molar-refractivity contribution in [2.75, 3.05) is 13.6 Å². The van der Waals surface area contributed by atoms with Crippen LogP contribution in [0.1, 0.15) is 11.5 Å². The lowest BCUT2D eigenvalue weighted by Crippen LogP contribution is -2.11. The molecule has 2 aromatic heterocycles. The molecule has 0 radical (unpaired) electrons. The fourth-order valence-corrected chi connectivity index (χ4v) is 2.31. The standard InChI is InChI=1S/C11H15N3S/c1-8-11(9-4-3-7-15-9)14-10(13-8)5-6-12-2/h3-4,7,12H,5-6H2,1-2H3,(H,13,14). The van der Waals surface area contributed by atoms with Gasteiger partial charge in [0.15, 0.2) is 0 Å². The summed E-state index contributed by atoms with van der Waals surface area (Å²) >= 11 is 1.73. The van der Waals surface area contributed by atoms with Crippen LogP contribution in [0, 0.1) is 6.92 Å². The van der Waals surface area contributed by atoms with E-state index in [2.05, 4.69) is 39.7 Å². The molecule has 0 spiro atoms. The zero-order valence-electron chi connectivity index (χ0n) is 9.00. The number of aromatic amines is 1. The molecule has 0 saturated heterocycles. The van der Waals surface area contributed by atoms with E-state index in [4.69, 9.17) is 0 Å². The molecule has 2 aromatic rings. The number of aryl methyl sites for hydroxylation is 1. The van der Waals surface area contributed by atoms with E-state index in [0.717, 1.165) is 30.2 Å². The lowest BCUT2D eigenvalue weighted by Gasteiger charge is -1.93. The quantitative estimate of drug-likeness (QED) is 0.831. The SMILES string of the molecule is CNCCc1nc(-c2cccs2)c(C)[nH]1. The summed E-state index contributed by atoms with van der Waals surface area (Å²) in [4.78, 5) is 9.16. The van der Waals surface area contributed by atoms with Crippen molar-refractivity contribution in [3.05, 3.63) is 29.0 Å². The molecule has 0 atom stereocenters. The second kappa shape index (κ2) is 4.59. The first-order valence-electron chi connectivity index (χ1n) is 5.05. The topological polar surface area (TPSA) is 40.7 Å². The maximum Gasteiger partial charge on any atom is 0.108 e. The summed E-state index contributed by atoms with van der Waals surface area (Å²) in [7, 11) is 1.95. The number of hydrogen-bond donors (Lipinski definition) is 2. The van der Waals surface area contributed by atoms with Crippen LogP contribution < -0.4 is 5.32 Å². The van der Waals surface area contributed by atoms with Gasteiger partial charge >= 0.3 is 0 Å². The maximum absolute atomic E-state index is 4.60. The monoisotopic (exact) mass is 221 g/mol. The average molecular weight is 221 g/mol. The van der Waals surface area contributed by atoms with Crippen LogP contribution in [-0.2, 0) is 6.42 Å². The van der Waals surface area contributed by atoms with Gasteiger partial charge in [0, 0.05) is 18.7 Å². The third-order valence-electron chi connectivity index (χ3n) is 2.30. The Kier molecular flexibility index (Phi) is 3.18. The average Bonchev–Trinajstić information content (AvgIpc) is 2.83. The normalized spacial score (nSPS) is 10.8. The Morgan fingerprint density at radius 3 is 3.07 bits per heavy atom. The molecular weight excluding hydrogens is 206 g/mol. The number of nitrogens with zero attached hydrogens (tertiary/aromatic N) is 1. The van der Waals surface area contributed by atoms with Gasteiger partial charge in [0.1, 0.15) is 11.5 Å². The lowest BCUT2D eigenvalue weighted by atomic mass is 10.3. The minimum Gasteiger partial charge on any atom is -0.346 e. The maximum atomic E-state index is 4.60. The Morgan fingerprint density at radius 2 is 2.40 bits per heavy atom. The molecule has 0 unspecified atom stereocenters. The van der Waals surface area contributed by atoms with Gasteiger partial charge in [-0.2, -0.15) is 0 Å². The number of imidazole rings is 1. The van der Waals surface area contributed by atoms with Gasteiger partial charge in [-0.15, -0.1) is 11.3 Å². The van der Waals surface area contributed by atoms with Crippen LogP contribution in [0.2, 0.25) is 0 Å². The van der Waals surface area contributed by atoms with Crippen LogP contribution in [0.5, 0.6) is 0 Å². The molecule has 2 N–H and O–H groups in total. The molecule has 80 valence electrons. The summed E-state index contributed by atoms with van der Waals surface area (Å²) in [6.07, 6.45) is 0.947. The second-order valence-electron chi connectivity index (χ2n) is 3.49. The lowest BCUT2D eigenvalue weighted by molar-refractivity contribution is 0.763. The summed E-state index contributed by atoms with van der Waals surface area (Å²) < 4.78 is 0. The van der Waals surface area contributed by atoms with Gasteiger partial charge in [-0.25, -0.2) is 4.98 Å². The van der Waals surface area contributed by atoms with Gasteiger partial charge in [0.25, 0.3) is 0 Å². The summed E-state index contributed by atoms with van der Waals surface area (Å²) in [5, 5.41) is 5.20. The Morgan fingerprint density at radius 1 is 1.53 bits per heavy atom. The highest BCUT2D eigenvalue weighted by molar-refractivity contribution is 7.13. The molecular formula is C11H15N3S. The summed E-state index contributed by atoms with van der Waals surface area (Å²) in [5.41, 5.74) is 2.25. The molecule has 15 heavy (non-hydrogen) atoms. The summed E-state index contributed by atoms with van der Waals surface area (Å²) in [6, 6.07) is 4.16. The first-order chi connectivity index (χ1) is 7.31. The number of thiophene rings is 1. The number of H-pyrrole nitrogens is 1. The van der Waals surface area contributed by atoms with Crippen molar-refractivity contribution in [2.24, 2.45) is 0 Å². The Labute approximate surface area is 93.6 Å². The van der Waals surface area contributed by atoms with Crippen molar-refractivity contribution >= 4 is 11.3 Å². The Hall–Kier alpha value is -1.13. The first-order valence-corrected chi connectivity index (χ1v) is 5.93. The van der Waals surface area contributed by atoms with Crippen LogP contribution in [-0.4, -0.2) is 23.6 Å². The molecule has 0 aromatic carbocycles. The minimum atomic E-state index is 0.947. The van der Waals surface area contributed by atoms with Crippen LogP contribution >= 0.6 is 11.3 Å². The van der Waals surface area contributed by atoms with Gasteiger partial charge in [-0.1, -0.05) is 6.07 Å². The van der Waals surface area contributed by atoms with Crippen molar-refractivity contribution in [3.8, 4) is 10.6 Å². The van der Waals surface area contributed by atoms with Crippen LogP contribution in [0.25, 0.3) is 10.6 Å². The predicted molar refractivity (Wildman–Crippen MR) is 64.3 cm³/mol. The first kappa shape index (κ1) is 10.4. The van der Waals surface area contributed by atoms with Crippen LogP contribution in [0.3, 0.4) is 0 Å². The van der Waals surface area contributed by atoms with Crippen molar-refractivity contribution in [1.29, 1.82) is 0 Å². The van der Waals surface area contributed by atoms with Crippen molar-refractivity contribution in [1.82, 2.24) is 15.3 Å². The molecule has 2 heterocycles. The smallest absolute Gasteiger partial charge is 0.108 e. The van der Waals surface area contributed by atoms with Gasteiger partial charge in [-0.3, -0.25) is 0 Å². The predicted octanol–water partition coefficient (Wildman–Crippen LogP) is 2.21. The van der Waals surface area contributed by atoms with E-state index >= 15 is 0 Å². The van der Waals surface area contributed by atoms with Crippen molar-refractivity contribution in [3.63, 3.8) is 0 Å². The van der Waals surface area contributed by atoms with Gasteiger partial charge in [0.2, 0.25) is 0 Å². The van der Waals surface area contributed by atoms with E-state index in [0.29, 0.717) is 0 Å². The fraction of sp³-hybridized carbons (Fsp3) is 0.364.